The molecule has 4 heterocycles. The number of aliphatic hydroxyl groups excluding tert-OH is 1. The number of hydrogen-bond acceptors (Lipinski definition) is 11. The van der Waals surface area contributed by atoms with Crippen molar-refractivity contribution in [1.29, 1.82) is 0 Å². The number of fused-ring (bicyclic) bond motifs is 1. The molecule has 0 saturated carbocycles. The molecule has 10 nitrogen and oxygen atoms in total. The highest BCUT2D eigenvalue weighted by molar-refractivity contribution is 8.14. The molecule has 0 aromatic carbocycles. The van der Waals surface area contributed by atoms with Gasteiger partial charge in [-0.3, -0.25) is 9.79 Å². The van der Waals surface area contributed by atoms with Crippen LogP contribution in [0.15, 0.2) is 15.6 Å². The summed E-state index contributed by atoms with van der Waals surface area (Å²) in [6, 6.07) is -0.292. The second kappa shape index (κ2) is 11.0. The van der Waals surface area contributed by atoms with Gasteiger partial charge in [-0.05, 0) is 19.8 Å². The van der Waals surface area contributed by atoms with Crippen molar-refractivity contribution in [1.82, 2.24) is 9.80 Å². The lowest BCUT2D eigenvalue weighted by Gasteiger charge is -2.46. The van der Waals surface area contributed by atoms with Crippen LogP contribution in [0.3, 0.4) is 0 Å². The number of amidine groups is 1. The zero-order chi connectivity index (χ0) is 25.3. The highest BCUT2D eigenvalue weighted by Crippen LogP contribution is 2.52. The van der Waals surface area contributed by atoms with Crippen molar-refractivity contribution in [2.45, 2.75) is 64.0 Å². The van der Waals surface area contributed by atoms with E-state index < -0.39 is 30.9 Å². The first-order chi connectivity index (χ1) is 16.8. The fourth-order valence-corrected chi connectivity index (χ4v) is 7.25. The number of rotatable bonds is 9. The first kappa shape index (κ1) is 26.2. The van der Waals surface area contributed by atoms with E-state index in [2.05, 4.69) is 9.89 Å². The van der Waals surface area contributed by atoms with Gasteiger partial charge < -0.3 is 29.1 Å². The van der Waals surface area contributed by atoms with Crippen LogP contribution in [0.2, 0.25) is 0 Å². The molecule has 4 atom stereocenters. The van der Waals surface area contributed by atoms with Gasteiger partial charge in [0.15, 0.2) is 5.17 Å². The van der Waals surface area contributed by atoms with Crippen LogP contribution in [0, 0.1) is 11.8 Å². The molecule has 0 aliphatic carbocycles. The van der Waals surface area contributed by atoms with Crippen LogP contribution in [0.5, 0.6) is 0 Å². The summed E-state index contributed by atoms with van der Waals surface area (Å²) in [5.74, 6) is -0.678. The molecule has 0 bridgehead atoms. The maximum atomic E-state index is 13.1. The lowest BCUT2D eigenvalue weighted by atomic mass is 9.79. The van der Waals surface area contributed by atoms with E-state index in [9.17, 15) is 19.5 Å². The number of aliphatic hydroxyl groups is 1. The van der Waals surface area contributed by atoms with Gasteiger partial charge in [-0.1, -0.05) is 32.5 Å². The van der Waals surface area contributed by atoms with E-state index in [1.54, 1.807) is 30.4 Å². The summed E-state index contributed by atoms with van der Waals surface area (Å²) in [4.78, 5) is 46.7. The molecule has 194 valence electrons. The Morgan fingerprint density at radius 2 is 1.97 bits per heavy atom. The number of carbonyl (C=O) groups excluding carboxylic acids is 3. The average molecular weight is 528 g/mol. The zero-order valence-electron chi connectivity index (χ0n) is 20.5. The Morgan fingerprint density at radius 1 is 1.26 bits per heavy atom. The molecule has 0 spiro atoms. The quantitative estimate of drug-likeness (QED) is 0.272. The van der Waals surface area contributed by atoms with Gasteiger partial charge in [0.2, 0.25) is 12.7 Å². The van der Waals surface area contributed by atoms with Crippen LogP contribution >= 0.6 is 23.5 Å². The van der Waals surface area contributed by atoms with E-state index in [4.69, 9.17) is 14.2 Å². The summed E-state index contributed by atoms with van der Waals surface area (Å²) in [5.41, 5.74) is 0.192. The van der Waals surface area contributed by atoms with Crippen LogP contribution in [0.1, 0.15) is 40.5 Å². The van der Waals surface area contributed by atoms with E-state index in [0.29, 0.717) is 12.8 Å². The Kier molecular flexibility index (Phi) is 8.22. The Morgan fingerprint density at radius 3 is 2.57 bits per heavy atom. The highest BCUT2D eigenvalue weighted by Gasteiger charge is 2.60. The molecule has 0 aromatic heterocycles. The number of nitrogens with zero attached hydrogens (tertiary/aromatic N) is 3. The monoisotopic (exact) mass is 527 g/mol. The Hall–Kier alpha value is -1.92. The molecule has 0 aromatic rings. The number of β-lactam (4-membered cyclic amide) rings is 1. The second-order valence-corrected chi connectivity index (χ2v) is 11.5. The van der Waals surface area contributed by atoms with Gasteiger partial charge in [-0.15, -0.1) is 11.8 Å². The third-order valence-corrected chi connectivity index (χ3v) is 9.31. The minimum absolute atomic E-state index is 0.118. The number of esters is 1. The molecule has 1 amide bonds. The first-order valence-corrected chi connectivity index (χ1v) is 14.0. The summed E-state index contributed by atoms with van der Waals surface area (Å²) >= 11 is 3.34. The van der Waals surface area contributed by atoms with Crippen molar-refractivity contribution in [2.24, 2.45) is 16.8 Å². The molecule has 4 aliphatic heterocycles. The van der Waals surface area contributed by atoms with Gasteiger partial charge in [0.25, 0.3) is 0 Å². The number of amides is 1. The van der Waals surface area contributed by atoms with Gasteiger partial charge in [-0.25, -0.2) is 9.59 Å². The lowest BCUT2D eigenvalue weighted by Crippen LogP contribution is -2.63. The van der Waals surface area contributed by atoms with Crippen molar-refractivity contribution in [3.63, 3.8) is 0 Å². The largest absolute Gasteiger partial charge is 0.511 e. The Bertz CT molecular complexity index is 915. The van der Waals surface area contributed by atoms with Crippen molar-refractivity contribution in [3.8, 4) is 0 Å². The molecule has 2 saturated heterocycles. The lowest BCUT2D eigenvalue weighted by molar-refractivity contribution is -0.167. The van der Waals surface area contributed by atoms with Crippen molar-refractivity contribution in [2.75, 3.05) is 32.2 Å². The Balaban J connectivity index is 1.41. The van der Waals surface area contributed by atoms with Gasteiger partial charge in [0, 0.05) is 34.9 Å². The number of carbonyl (C=O) groups is 3. The molecule has 0 unspecified atom stereocenters. The van der Waals surface area contributed by atoms with Crippen molar-refractivity contribution < 1.29 is 33.7 Å². The van der Waals surface area contributed by atoms with Crippen LogP contribution in [-0.4, -0.2) is 93.8 Å². The topological polar surface area (TPSA) is 118 Å². The molecule has 4 aliphatic rings. The molecule has 4 rings (SSSR count). The molecule has 1 N–H and O–H groups in total. The van der Waals surface area contributed by atoms with Gasteiger partial charge in [0.1, 0.15) is 11.8 Å². The molecule has 0 radical (unpaired) electrons. The molecule has 35 heavy (non-hydrogen) atoms. The molecular weight excluding hydrogens is 494 g/mol. The van der Waals surface area contributed by atoms with Crippen LogP contribution in [0.4, 0.5) is 4.79 Å². The number of hydrogen-bond donors (Lipinski definition) is 1. The third-order valence-electron chi connectivity index (χ3n) is 6.82. The fourth-order valence-electron chi connectivity index (χ4n) is 4.86. The smallest absolute Gasteiger partial charge is 0.431 e. The summed E-state index contributed by atoms with van der Waals surface area (Å²) in [6.07, 6.45) is -0.655. The maximum absolute atomic E-state index is 13.1. The summed E-state index contributed by atoms with van der Waals surface area (Å²) in [6.45, 7) is 9.25. The van der Waals surface area contributed by atoms with E-state index in [0.717, 1.165) is 35.5 Å². The summed E-state index contributed by atoms with van der Waals surface area (Å²) < 4.78 is 15.3. The van der Waals surface area contributed by atoms with Gasteiger partial charge >= 0.3 is 12.1 Å². The average Bonchev–Trinajstić information content (AvgIpc) is 3.39. The zero-order valence-corrected chi connectivity index (χ0v) is 22.1. The van der Waals surface area contributed by atoms with E-state index in [-0.39, 0.29) is 34.9 Å². The first-order valence-electron chi connectivity index (χ1n) is 12.1. The predicted molar refractivity (Wildman–Crippen MR) is 133 cm³/mol. The standard InChI is InChI=1S/C23H33N3O7S2/c1-5-14(6-2)33-23(30)32-11-31-21(29)18-19(12(3)17-16(13(4)27)20(28)26(17)18)35-15-9-25(10-15)22-24-7-8-34-22/h12-17,27H,5-11H2,1-4H3/t12-,13-,16+,17-/m1/s1. The predicted octanol–water partition coefficient (Wildman–Crippen LogP) is 2.42. The molecule has 12 heteroatoms. The van der Waals surface area contributed by atoms with E-state index in [1.807, 2.05) is 20.8 Å². The minimum atomic E-state index is -0.899. The molecular formula is C23H33N3O7S2. The van der Waals surface area contributed by atoms with E-state index >= 15 is 0 Å². The van der Waals surface area contributed by atoms with E-state index in [1.165, 1.54) is 4.90 Å². The number of ether oxygens (including phenoxy) is 3. The number of aliphatic imine (C=N–C) groups is 1. The summed E-state index contributed by atoms with van der Waals surface area (Å²) in [7, 11) is 0. The number of thioether (sulfide) groups is 2. The van der Waals surface area contributed by atoms with Gasteiger partial charge in [-0.2, -0.15) is 0 Å². The van der Waals surface area contributed by atoms with Gasteiger partial charge in [0.05, 0.1) is 24.6 Å². The fraction of sp³-hybridized carbons (Fsp3) is 0.739. The number of likely N-dealkylation sites (tertiary alicyclic amines) is 1. The highest BCUT2D eigenvalue weighted by atomic mass is 32.2. The third kappa shape index (κ3) is 5.15. The Labute approximate surface area is 213 Å². The maximum Gasteiger partial charge on any atom is 0.511 e. The van der Waals surface area contributed by atoms with Crippen molar-refractivity contribution >= 4 is 46.7 Å². The van der Waals surface area contributed by atoms with Crippen LogP contribution in [-0.2, 0) is 23.8 Å². The second-order valence-electron chi connectivity index (χ2n) is 9.12. The van der Waals surface area contributed by atoms with Crippen molar-refractivity contribution in [3.05, 3.63) is 10.6 Å². The van der Waals surface area contributed by atoms with Crippen LogP contribution < -0.4 is 0 Å². The summed E-state index contributed by atoms with van der Waals surface area (Å²) in [5, 5.41) is 11.5. The molecule has 2 fully saturated rings. The van der Waals surface area contributed by atoms with Crippen LogP contribution in [0.25, 0.3) is 0 Å². The normalized spacial score (nSPS) is 26.9. The SMILES string of the molecule is CCC(CC)OC(=O)OCOC(=O)C1=C(SC2CN(C3=NCCS3)C2)[C@H](C)[C@@H]2[C@H]([C@@H](C)O)C(=O)N12. The minimum Gasteiger partial charge on any atom is -0.431 e.